The maximum atomic E-state index is 8.80. The molecule has 3 N–H and O–H groups in total. The summed E-state index contributed by atoms with van der Waals surface area (Å²) in [6.07, 6.45) is 5.07. The molecule has 0 spiro atoms. The minimum Gasteiger partial charge on any atom is -0.380 e. The van der Waals surface area contributed by atoms with E-state index in [2.05, 4.69) is 11.4 Å². The van der Waals surface area contributed by atoms with Crippen molar-refractivity contribution in [2.75, 3.05) is 11.9 Å². The zero-order chi connectivity index (χ0) is 13.0. The van der Waals surface area contributed by atoms with E-state index in [4.69, 9.17) is 22.6 Å². The van der Waals surface area contributed by atoms with E-state index < -0.39 is 0 Å². The van der Waals surface area contributed by atoms with Crippen LogP contribution in [-0.2, 0) is 0 Å². The average Bonchev–Trinajstić information content (AvgIpc) is 2.91. The molecule has 1 fully saturated rings. The number of nitrogens with two attached hydrogens (primary N) is 1. The summed E-state index contributed by atoms with van der Waals surface area (Å²) in [6.45, 7) is 0.612. The van der Waals surface area contributed by atoms with Crippen LogP contribution < -0.4 is 11.1 Å². The van der Waals surface area contributed by atoms with E-state index in [9.17, 15) is 0 Å². The maximum absolute atomic E-state index is 8.80. The standard InChI is InChI=1S/C14H18ClN3/c15-12-7-10(8-16)5-6-13(12)18-14(9-17)11-3-1-2-4-11/h5-7,11,14,18H,1-4,9,17H2. The molecule has 18 heavy (non-hydrogen) atoms. The van der Waals surface area contributed by atoms with Crippen molar-refractivity contribution in [1.82, 2.24) is 0 Å². The first-order chi connectivity index (χ1) is 8.74. The molecule has 1 saturated carbocycles. The average molecular weight is 264 g/mol. The van der Waals surface area contributed by atoms with Gasteiger partial charge in [0.1, 0.15) is 0 Å². The van der Waals surface area contributed by atoms with Crippen molar-refractivity contribution in [2.24, 2.45) is 11.7 Å². The summed E-state index contributed by atoms with van der Waals surface area (Å²) in [4.78, 5) is 0. The zero-order valence-electron chi connectivity index (χ0n) is 10.3. The van der Waals surface area contributed by atoms with Crippen molar-refractivity contribution in [3.8, 4) is 6.07 Å². The Morgan fingerprint density at radius 3 is 2.72 bits per heavy atom. The van der Waals surface area contributed by atoms with Crippen molar-refractivity contribution < 1.29 is 0 Å². The second-order valence-electron chi connectivity index (χ2n) is 4.84. The minimum absolute atomic E-state index is 0.276. The monoisotopic (exact) mass is 263 g/mol. The first kappa shape index (κ1) is 13.2. The molecule has 0 aliphatic heterocycles. The summed E-state index contributed by atoms with van der Waals surface area (Å²) in [5.41, 5.74) is 7.30. The van der Waals surface area contributed by atoms with E-state index in [0.29, 0.717) is 23.0 Å². The Bertz CT molecular complexity index is 447. The van der Waals surface area contributed by atoms with E-state index >= 15 is 0 Å². The van der Waals surface area contributed by atoms with Gasteiger partial charge in [-0.1, -0.05) is 24.4 Å². The molecule has 0 bridgehead atoms. The van der Waals surface area contributed by atoms with Gasteiger partial charge in [-0.05, 0) is 37.0 Å². The Labute approximate surface area is 113 Å². The molecule has 1 aliphatic rings. The fraction of sp³-hybridized carbons (Fsp3) is 0.500. The lowest BCUT2D eigenvalue weighted by molar-refractivity contribution is 0.462. The first-order valence-electron chi connectivity index (χ1n) is 6.41. The van der Waals surface area contributed by atoms with Crippen LogP contribution >= 0.6 is 11.6 Å². The quantitative estimate of drug-likeness (QED) is 0.877. The van der Waals surface area contributed by atoms with Gasteiger partial charge in [0, 0.05) is 12.6 Å². The van der Waals surface area contributed by atoms with Gasteiger partial charge in [-0.25, -0.2) is 0 Å². The van der Waals surface area contributed by atoms with Gasteiger partial charge in [0.05, 0.1) is 22.3 Å². The number of nitriles is 1. The molecule has 0 radical (unpaired) electrons. The number of halogens is 1. The predicted molar refractivity (Wildman–Crippen MR) is 74.6 cm³/mol. The van der Waals surface area contributed by atoms with Gasteiger partial charge in [0.25, 0.3) is 0 Å². The molecule has 0 saturated heterocycles. The smallest absolute Gasteiger partial charge is 0.0992 e. The van der Waals surface area contributed by atoms with Crippen LogP contribution in [0.3, 0.4) is 0 Å². The molecule has 2 rings (SSSR count). The van der Waals surface area contributed by atoms with Gasteiger partial charge in [0.2, 0.25) is 0 Å². The van der Waals surface area contributed by atoms with Gasteiger partial charge in [0.15, 0.2) is 0 Å². The van der Waals surface area contributed by atoms with E-state index in [-0.39, 0.29) is 6.04 Å². The molecule has 96 valence electrons. The minimum atomic E-state index is 0.276. The van der Waals surface area contributed by atoms with Crippen LogP contribution in [0.1, 0.15) is 31.2 Å². The van der Waals surface area contributed by atoms with Crippen LogP contribution in [0.25, 0.3) is 0 Å². The summed E-state index contributed by atoms with van der Waals surface area (Å²) in [5.74, 6) is 0.640. The lowest BCUT2D eigenvalue weighted by atomic mass is 9.98. The lowest BCUT2D eigenvalue weighted by Crippen LogP contribution is -2.35. The second kappa shape index (κ2) is 6.08. The highest BCUT2D eigenvalue weighted by Crippen LogP contribution is 2.31. The Balaban J connectivity index is 2.09. The number of rotatable bonds is 4. The van der Waals surface area contributed by atoms with E-state index in [1.54, 1.807) is 12.1 Å². The Morgan fingerprint density at radius 1 is 1.44 bits per heavy atom. The third-order valence-electron chi connectivity index (χ3n) is 3.66. The predicted octanol–water partition coefficient (Wildman–Crippen LogP) is 3.14. The largest absolute Gasteiger partial charge is 0.380 e. The highest BCUT2D eigenvalue weighted by Gasteiger charge is 2.24. The molecule has 4 heteroatoms. The van der Waals surface area contributed by atoms with Crippen LogP contribution in [0, 0.1) is 17.2 Å². The lowest BCUT2D eigenvalue weighted by Gasteiger charge is -2.24. The highest BCUT2D eigenvalue weighted by molar-refractivity contribution is 6.33. The fourth-order valence-corrected chi connectivity index (χ4v) is 2.87. The van der Waals surface area contributed by atoms with E-state index in [1.807, 2.05) is 6.07 Å². The molecule has 1 atom stereocenters. The van der Waals surface area contributed by atoms with Crippen LogP contribution in [-0.4, -0.2) is 12.6 Å². The molecule has 0 amide bonds. The summed E-state index contributed by atoms with van der Waals surface area (Å²) in [7, 11) is 0. The number of nitrogens with zero attached hydrogens (tertiary/aromatic N) is 1. The number of benzene rings is 1. The molecule has 1 aliphatic carbocycles. The first-order valence-corrected chi connectivity index (χ1v) is 6.78. The van der Waals surface area contributed by atoms with Crippen LogP contribution in [0.5, 0.6) is 0 Å². The Hall–Kier alpha value is -1.24. The molecule has 1 unspecified atom stereocenters. The normalized spacial score (nSPS) is 17.4. The number of nitrogens with one attached hydrogen (secondary N) is 1. The van der Waals surface area contributed by atoms with Crippen molar-refractivity contribution in [1.29, 1.82) is 5.26 Å². The summed E-state index contributed by atoms with van der Waals surface area (Å²) in [5, 5.41) is 12.8. The van der Waals surface area contributed by atoms with Gasteiger partial charge < -0.3 is 11.1 Å². The molecular formula is C14H18ClN3. The van der Waals surface area contributed by atoms with Gasteiger partial charge >= 0.3 is 0 Å². The van der Waals surface area contributed by atoms with Crippen molar-refractivity contribution in [2.45, 2.75) is 31.7 Å². The SMILES string of the molecule is N#Cc1ccc(NC(CN)C2CCCC2)c(Cl)c1. The third kappa shape index (κ3) is 2.95. The van der Waals surface area contributed by atoms with Gasteiger partial charge in [-0.15, -0.1) is 0 Å². The maximum Gasteiger partial charge on any atom is 0.0992 e. The van der Waals surface area contributed by atoms with Crippen molar-refractivity contribution in [3.63, 3.8) is 0 Å². The summed E-state index contributed by atoms with van der Waals surface area (Å²) < 4.78 is 0. The molecule has 1 aromatic carbocycles. The molecule has 0 heterocycles. The Kier molecular flexibility index (Phi) is 4.46. The molecular weight excluding hydrogens is 246 g/mol. The molecule has 0 aromatic heterocycles. The number of anilines is 1. The zero-order valence-corrected chi connectivity index (χ0v) is 11.1. The van der Waals surface area contributed by atoms with Crippen LogP contribution in [0.2, 0.25) is 5.02 Å². The van der Waals surface area contributed by atoms with Gasteiger partial charge in [-0.2, -0.15) is 5.26 Å². The van der Waals surface area contributed by atoms with E-state index in [1.165, 1.54) is 25.7 Å². The van der Waals surface area contributed by atoms with Crippen LogP contribution in [0.4, 0.5) is 5.69 Å². The summed E-state index contributed by atoms with van der Waals surface area (Å²) >= 11 is 6.16. The Morgan fingerprint density at radius 2 is 2.17 bits per heavy atom. The third-order valence-corrected chi connectivity index (χ3v) is 3.97. The fourth-order valence-electron chi connectivity index (χ4n) is 2.63. The summed E-state index contributed by atoms with van der Waals surface area (Å²) in [6, 6.07) is 7.68. The van der Waals surface area contributed by atoms with Crippen molar-refractivity contribution >= 4 is 17.3 Å². The second-order valence-corrected chi connectivity index (χ2v) is 5.24. The highest BCUT2D eigenvalue weighted by atomic mass is 35.5. The number of hydrogen-bond donors (Lipinski definition) is 2. The topological polar surface area (TPSA) is 61.8 Å². The molecule has 3 nitrogen and oxygen atoms in total. The van der Waals surface area contributed by atoms with E-state index in [0.717, 1.165) is 5.69 Å². The van der Waals surface area contributed by atoms with Crippen LogP contribution in [0.15, 0.2) is 18.2 Å². The van der Waals surface area contributed by atoms with Gasteiger partial charge in [-0.3, -0.25) is 0 Å². The molecule has 1 aromatic rings. The van der Waals surface area contributed by atoms with Crippen molar-refractivity contribution in [3.05, 3.63) is 28.8 Å². The number of hydrogen-bond acceptors (Lipinski definition) is 3.